The predicted octanol–water partition coefficient (Wildman–Crippen LogP) is 2.33. The minimum Gasteiger partial charge on any atom is -0.520 e. The van der Waals surface area contributed by atoms with Crippen LogP contribution in [0.15, 0.2) is 30.9 Å². The molecule has 2 rings (SSSR count). The lowest BCUT2D eigenvalue weighted by Crippen LogP contribution is -2.54. The van der Waals surface area contributed by atoms with Crippen molar-refractivity contribution >= 4 is 41.2 Å². The Balaban J connectivity index is 2.05. The highest BCUT2D eigenvalue weighted by molar-refractivity contribution is 6.67. The first-order chi connectivity index (χ1) is 16.0. The van der Waals surface area contributed by atoms with Crippen LogP contribution in [0.1, 0.15) is 32.8 Å². The van der Waals surface area contributed by atoms with Gasteiger partial charge >= 0.3 is 23.3 Å². The molecule has 1 aliphatic rings. The van der Waals surface area contributed by atoms with Crippen LogP contribution in [0.4, 0.5) is 0 Å². The molecule has 186 valence electrons. The zero-order valence-electron chi connectivity index (χ0n) is 19.5. The van der Waals surface area contributed by atoms with Crippen LogP contribution in [0, 0.1) is 0 Å². The third-order valence-corrected chi connectivity index (χ3v) is 9.35. The average molecular weight is 513 g/mol. The Bertz CT molecular complexity index is 908. The molecule has 0 saturated carbocycles. The Morgan fingerprint density at radius 3 is 2.26 bits per heavy atom. The van der Waals surface area contributed by atoms with E-state index in [9.17, 15) is 19.2 Å². The summed E-state index contributed by atoms with van der Waals surface area (Å²) in [6.07, 6.45) is 1.25. The number of carbonyl (C=O) groups is 4. The maximum absolute atomic E-state index is 11.5. The Labute approximate surface area is 199 Å². The molecule has 0 amide bonds. The van der Waals surface area contributed by atoms with Crippen LogP contribution >= 0.6 is 0 Å². The van der Waals surface area contributed by atoms with Gasteiger partial charge in [-0.15, -0.1) is 0 Å². The molecule has 1 atom stereocenters. The summed E-state index contributed by atoms with van der Waals surface area (Å²) in [7, 11) is -6.64. The van der Waals surface area contributed by atoms with E-state index in [1.807, 2.05) is 6.55 Å². The fourth-order valence-electron chi connectivity index (χ4n) is 3.08. The van der Waals surface area contributed by atoms with E-state index < -0.39 is 47.5 Å². The first-order valence-corrected chi connectivity index (χ1v) is 14.9. The van der Waals surface area contributed by atoms with Crippen LogP contribution in [-0.2, 0) is 48.2 Å². The van der Waals surface area contributed by atoms with Crippen LogP contribution in [0.3, 0.4) is 0 Å². The fraction of sp³-hybridized carbons (Fsp3) is 0.429. The Kier molecular flexibility index (Phi) is 9.40. The van der Waals surface area contributed by atoms with Gasteiger partial charge in [0.25, 0.3) is 17.9 Å². The molecule has 1 unspecified atom stereocenters. The SMILES string of the molecule is C=CC(=O)OCCC[Si]1(C)OCc2cc(OC[Si](OC(C)=O)(OC(C)=O)OC(C)=O)ccc2O1. The van der Waals surface area contributed by atoms with Crippen molar-refractivity contribution in [1.29, 1.82) is 0 Å². The van der Waals surface area contributed by atoms with Crippen molar-refractivity contribution < 1.29 is 50.8 Å². The highest BCUT2D eigenvalue weighted by Crippen LogP contribution is 2.34. The number of fused-ring (bicyclic) bond motifs is 1. The minimum absolute atomic E-state index is 0.248. The highest BCUT2D eigenvalue weighted by atomic mass is 28.4. The van der Waals surface area contributed by atoms with Crippen molar-refractivity contribution in [1.82, 2.24) is 0 Å². The van der Waals surface area contributed by atoms with Gasteiger partial charge < -0.3 is 31.6 Å². The van der Waals surface area contributed by atoms with Crippen molar-refractivity contribution in [3.8, 4) is 11.5 Å². The molecule has 11 nitrogen and oxygen atoms in total. The lowest BCUT2D eigenvalue weighted by Gasteiger charge is -2.33. The molecule has 0 aromatic heterocycles. The summed E-state index contributed by atoms with van der Waals surface area (Å²) in [6.45, 7) is 9.11. The van der Waals surface area contributed by atoms with Crippen molar-refractivity contribution in [3.63, 3.8) is 0 Å². The van der Waals surface area contributed by atoms with Crippen LogP contribution in [-0.4, -0.2) is 54.1 Å². The van der Waals surface area contributed by atoms with Gasteiger partial charge in [-0.05, 0) is 31.2 Å². The van der Waals surface area contributed by atoms with Gasteiger partial charge in [0.1, 0.15) is 11.5 Å². The lowest BCUT2D eigenvalue weighted by atomic mass is 10.2. The van der Waals surface area contributed by atoms with Gasteiger partial charge in [0.15, 0.2) is 6.23 Å². The van der Waals surface area contributed by atoms with Crippen molar-refractivity contribution in [2.75, 3.05) is 12.8 Å². The molecule has 0 saturated heterocycles. The Morgan fingerprint density at radius 1 is 1.09 bits per heavy atom. The van der Waals surface area contributed by atoms with Gasteiger partial charge in [-0.25, -0.2) is 4.79 Å². The van der Waals surface area contributed by atoms with Crippen molar-refractivity contribution in [3.05, 3.63) is 36.4 Å². The highest BCUT2D eigenvalue weighted by Gasteiger charge is 2.54. The molecule has 1 heterocycles. The molecular formula is C21H28O11Si2. The molecule has 0 radical (unpaired) electrons. The number of ether oxygens (including phenoxy) is 2. The van der Waals surface area contributed by atoms with Gasteiger partial charge in [-0.1, -0.05) is 6.58 Å². The fourth-order valence-corrected chi connectivity index (χ4v) is 7.25. The second-order valence-corrected chi connectivity index (χ2v) is 13.0. The zero-order valence-corrected chi connectivity index (χ0v) is 21.5. The summed E-state index contributed by atoms with van der Waals surface area (Å²) in [5.74, 6) is -1.84. The number of hydrogen-bond acceptors (Lipinski definition) is 11. The Morgan fingerprint density at radius 2 is 1.71 bits per heavy atom. The molecule has 0 N–H and O–H groups in total. The monoisotopic (exact) mass is 512 g/mol. The summed E-state index contributed by atoms with van der Waals surface area (Å²) >= 11 is 0. The largest absolute Gasteiger partial charge is 0.745 e. The van der Waals surface area contributed by atoms with Gasteiger partial charge in [0, 0.05) is 38.5 Å². The summed E-state index contributed by atoms with van der Waals surface area (Å²) in [5, 5.41) is 0. The molecule has 1 aromatic rings. The van der Waals surface area contributed by atoms with E-state index in [0.29, 0.717) is 24.0 Å². The number of esters is 1. The Hall–Kier alpha value is -3.17. The predicted molar refractivity (Wildman–Crippen MR) is 121 cm³/mol. The van der Waals surface area contributed by atoms with E-state index in [0.717, 1.165) is 32.4 Å². The normalized spacial score (nSPS) is 16.8. The van der Waals surface area contributed by atoms with Gasteiger partial charge in [0.05, 0.1) is 13.2 Å². The molecule has 1 aliphatic heterocycles. The zero-order chi connectivity index (χ0) is 25.4. The first-order valence-electron chi connectivity index (χ1n) is 10.4. The molecule has 1 aromatic carbocycles. The van der Waals surface area contributed by atoms with Crippen molar-refractivity contribution in [2.24, 2.45) is 0 Å². The molecule has 34 heavy (non-hydrogen) atoms. The summed E-state index contributed by atoms with van der Waals surface area (Å²) in [5.41, 5.74) is 0.722. The number of rotatable bonds is 11. The molecular weight excluding hydrogens is 484 g/mol. The lowest BCUT2D eigenvalue weighted by molar-refractivity contribution is -0.148. The summed E-state index contributed by atoms with van der Waals surface area (Å²) in [6, 6.07) is 5.63. The smallest absolute Gasteiger partial charge is 0.520 e. The molecule has 13 heteroatoms. The van der Waals surface area contributed by atoms with Crippen LogP contribution in [0.5, 0.6) is 11.5 Å². The van der Waals surface area contributed by atoms with Gasteiger partial charge in [0.2, 0.25) is 0 Å². The average Bonchev–Trinajstić information content (AvgIpc) is 2.73. The number of carbonyl (C=O) groups excluding carboxylic acids is 4. The second-order valence-electron chi connectivity index (χ2n) is 7.52. The van der Waals surface area contributed by atoms with E-state index in [-0.39, 0.29) is 13.2 Å². The van der Waals surface area contributed by atoms with Crippen LogP contribution in [0.2, 0.25) is 12.6 Å². The third kappa shape index (κ3) is 8.31. The minimum atomic E-state index is -4.12. The molecule has 0 fully saturated rings. The standard InChI is InChI=1S/C21H28O11Si2/c1-6-21(25)26-10-7-11-33(5)28-13-18-12-19(8-9-20(18)32-33)27-14-34(29-15(2)22,30-16(3)23)31-17(4)24/h6,8-9,12H,1,7,10-11,13-14H2,2-5H3. The quantitative estimate of drug-likeness (QED) is 0.187. The van der Waals surface area contributed by atoms with Gasteiger partial charge in [-0.2, -0.15) is 0 Å². The van der Waals surface area contributed by atoms with Crippen molar-refractivity contribution in [2.45, 2.75) is 46.4 Å². The van der Waals surface area contributed by atoms with Crippen LogP contribution < -0.4 is 9.16 Å². The van der Waals surface area contributed by atoms with Crippen LogP contribution in [0.25, 0.3) is 0 Å². The van der Waals surface area contributed by atoms with E-state index in [1.54, 1.807) is 18.2 Å². The van der Waals surface area contributed by atoms with Gasteiger partial charge in [-0.3, -0.25) is 14.4 Å². The maximum Gasteiger partial charge on any atom is 0.745 e. The maximum atomic E-state index is 11.5. The third-order valence-electron chi connectivity index (χ3n) is 4.39. The van der Waals surface area contributed by atoms with E-state index in [4.69, 9.17) is 31.6 Å². The summed E-state index contributed by atoms with van der Waals surface area (Å²) in [4.78, 5) is 45.8. The molecule has 0 aliphatic carbocycles. The topological polar surface area (TPSA) is 133 Å². The number of benzene rings is 1. The van der Waals surface area contributed by atoms with E-state index in [2.05, 4.69) is 6.58 Å². The summed E-state index contributed by atoms with van der Waals surface area (Å²) < 4.78 is 38.1. The molecule has 0 spiro atoms. The second kappa shape index (κ2) is 11.8. The van der Waals surface area contributed by atoms with E-state index >= 15 is 0 Å². The first kappa shape index (κ1) is 27.1. The van der Waals surface area contributed by atoms with E-state index in [1.165, 1.54) is 0 Å². The number of hydrogen-bond donors (Lipinski definition) is 0. The molecule has 0 bridgehead atoms.